The number of hydrogen-bond acceptors (Lipinski definition) is 6. The van der Waals surface area contributed by atoms with E-state index >= 15 is 0 Å². The van der Waals surface area contributed by atoms with Crippen LogP contribution in [-0.2, 0) is 14.3 Å². The summed E-state index contributed by atoms with van der Waals surface area (Å²) in [6.45, 7) is 6.21. The van der Waals surface area contributed by atoms with Crippen LogP contribution in [0.4, 0.5) is 5.69 Å². The number of nitro groups is 1. The fourth-order valence-electron chi connectivity index (χ4n) is 4.60. The molecule has 8 heteroatoms. The minimum atomic E-state index is -0.831. The molecule has 0 fully saturated rings. The van der Waals surface area contributed by atoms with Crippen molar-refractivity contribution in [2.24, 2.45) is 0 Å². The Hall–Kier alpha value is -3.81. The van der Waals surface area contributed by atoms with Crippen LogP contribution in [-0.4, -0.2) is 47.3 Å². The van der Waals surface area contributed by atoms with Crippen molar-refractivity contribution < 1.29 is 19.2 Å². The second-order valence-electron chi connectivity index (χ2n) is 10.0. The number of carbonyl (C=O) groups excluding carboxylic acids is 2. The highest BCUT2D eigenvalue weighted by Gasteiger charge is 2.26. The second kappa shape index (κ2) is 14.4. The Labute approximate surface area is 236 Å². The van der Waals surface area contributed by atoms with Crippen LogP contribution in [0.2, 0.25) is 0 Å². The summed E-state index contributed by atoms with van der Waals surface area (Å²) >= 11 is 0. The normalized spacial score (nSPS) is 11.7. The van der Waals surface area contributed by atoms with Crippen molar-refractivity contribution in [2.75, 3.05) is 20.1 Å². The maximum atomic E-state index is 12.8. The Bertz CT molecular complexity index is 1250. The van der Waals surface area contributed by atoms with Gasteiger partial charge >= 0.3 is 5.97 Å². The van der Waals surface area contributed by atoms with Crippen LogP contribution in [0, 0.1) is 10.1 Å². The number of nitrogens with zero attached hydrogens (tertiary/aromatic N) is 2. The van der Waals surface area contributed by atoms with E-state index in [1.54, 1.807) is 6.07 Å². The molecule has 0 amide bonds. The molecule has 0 aliphatic rings. The van der Waals surface area contributed by atoms with Crippen LogP contribution in [0.15, 0.2) is 91.0 Å². The molecule has 0 radical (unpaired) electrons. The van der Waals surface area contributed by atoms with Gasteiger partial charge in [-0.05, 0) is 57.5 Å². The molecule has 0 aliphatic carbocycles. The molecule has 0 bridgehead atoms. The number of halogens is 1. The number of carbonyl (C=O) groups is 2. The van der Waals surface area contributed by atoms with Crippen molar-refractivity contribution in [1.82, 2.24) is 4.90 Å². The van der Waals surface area contributed by atoms with Crippen molar-refractivity contribution in [3.05, 3.63) is 118 Å². The summed E-state index contributed by atoms with van der Waals surface area (Å²) in [7, 11) is 1.99. The monoisotopic (exact) mass is 550 g/mol. The third kappa shape index (κ3) is 9.46. The summed E-state index contributed by atoms with van der Waals surface area (Å²) in [5, 5.41) is 11.1. The third-order valence-electron chi connectivity index (χ3n) is 6.24. The van der Waals surface area contributed by atoms with E-state index in [0.29, 0.717) is 12.1 Å². The van der Waals surface area contributed by atoms with E-state index in [0.717, 1.165) is 19.0 Å². The quantitative estimate of drug-likeness (QED) is 0.111. The summed E-state index contributed by atoms with van der Waals surface area (Å²) < 4.78 is 5.72. The first-order valence-corrected chi connectivity index (χ1v) is 12.5. The lowest BCUT2D eigenvalue weighted by molar-refractivity contribution is -0.384. The van der Waals surface area contributed by atoms with Gasteiger partial charge in [0.2, 0.25) is 0 Å². The van der Waals surface area contributed by atoms with Crippen molar-refractivity contribution >= 4 is 35.4 Å². The van der Waals surface area contributed by atoms with Crippen molar-refractivity contribution in [2.45, 2.75) is 38.7 Å². The molecule has 0 aromatic heterocycles. The Morgan fingerprint density at radius 2 is 1.54 bits per heavy atom. The minimum Gasteiger partial charge on any atom is -0.455 e. The molecular weight excluding hydrogens is 516 g/mol. The van der Waals surface area contributed by atoms with Crippen LogP contribution >= 0.6 is 12.4 Å². The molecule has 0 saturated carbocycles. The number of benzene rings is 3. The summed E-state index contributed by atoms with van der Waals surface area (Å²) in [5.74, 6) is -0.821. The molecular formula is C31H35ClN2O5. The fourth-order valence-corrected chi connectivity index (χ4v) is 4.60. The van der Waals surface area contributed by atoms with Crippen LogP contribution in [0.3, 0.4) is 0 Å². The number of esters is 1. The lowest BCUT2D eigenvalue weighted by Crippen LogP contribution is -2.40. The average Bonchev–Trinajstić information content (AvgIpc) is 2.88. The topological polar surface area (TPSA) is 89.8 Å². The summed E-state index contributed by atoms with van der Waals surface area (Å²) in [4.78, 5) is 37.7. The molecule has 7 nitrogen and oxygen atoms in total. The van der Waals surface area contributed by atoms with Crippen LogP contribution in [0.25, 0.3) is 5.57 Å². The molecule has 0 aliphatic heterocycles. The predicted molar refractivity (Wildman–Crippen MR) is 156 cm³/mol. The molecule has 3 rings (SSSR count). The van der Waals surface area contributed by atoms with Gasteiger partial charge in [-0.25, -0.2) is 4.79 Å². The van der Waals surface area contributed by atoms with Gasteiger partial charge in [0.25, 0.3) is 5.69 Å². The van der Waals surface area contributed by atoms with Crippen molar-refractivity contribution in [3.8, 4) is 0 Å². The number of Topliss-reactive ketones (excluding diaryl/α,β-unsaturated/α-hetero) is 1. The Morgan fingerprint density at radius 3 is 2.05 bits per heavy atom. The van der Waals surface area contributed by atoms with E-state index in [1.165, 1.54) is 36.2 Å². The van der Waals surface area contributed by atoms with Gasteiger partial charge in [0.1, 0.15) is 5.60 Å². The molecule has 0 spiro atoms. The van der Waals surface area contributed by atoms with Crippen molar-refractivity contribution in [1.29, 1.82) is 0 Å². The Balaban J connectivity index is 0.00000533. The number of rotatable bonds is 12. The zero-order valence-electron chi connectivity index (χ0n) is 22.7. The fraction of sp³-hybridized carbons (Fsp3) is 0.290. The van der Waals surface area contributed by atoms with Gasteiger partial charge in [0.15, 0.2) is 5.78 Å². The van der Waals surface area contributed by atoms with Crippen LogP contribution < -0.4 is 0 Å². The Morgan fingerprint density at radius 1 is 0.974 bits per heavy atom. The first-order chi connectivity index (χ1) is 18.1. The number of nitro benzene ring substituents is 1. The summed E-state index contributed by atoms with van der Waals surface area (Å²) in [6, 6.07) is 26.4. The maximum Gasteiger partial charge on any atom is 0.332 e. The number of non-ortho nitro benzene ring substituents is 1. The summed E-state index contributed by atoms with van der Waals surface area (Å²) in [6.07, 6.45) is 2.00. The molecule has 0 heterocycles. The van der Waals surface area contributed by atoms with Gasteiger partial charge in [-0.1, -0.05) is 72.8 Å². The van der Waals surface area contributed by atoms with E-state index in [1.807, 2.05) is 57.3 Å². The molecule has 0 N–H and O–H groups in total. The molecule has 0 unspecified atom stereocenters. The molecule has 0 atom stereocenters. The van der Waals surface area contributed by atoms with Crippen molar-refractivity contribution in [3.63, 3.8) is 0 Å². The molecule has 39 heavy (non-hydrogen) atoms. The largest absolute Gasteiger partial charge is 0.455 e. The van der Waals surface area contributed by atoms with Gasteiger partial charge in [-0.15, -0.1) is 12.4 Å². The van der Waals surface area contributed by atoms with Crippen LogP contribution in [0.5, 0.6) is 0 Å². The molecule has 206 valence electrons. The maximum absolute atomic E-state index is 12.8. The van der Waals surface area contributed by atoms with E-state index in [9.17, 15) is 19.7 Å². The van der Waals surface area contributed by atoms with E-state index < -0.39 is 16.5 Å². The number of likely N-dealkylation sites (N-methyl/N-ethyl adjacent to an activating group) is 1. The lowest BCUT2D eigenvalue weighted by atomic mass is 9.88. The third-order valence-corrected chi connectivity index (χ3v) is 6.24. The molecule has 3 aromatic rings. The molecule has 0 saturated heterocycles. The highest BCUT2D eigenvalue weighted by atomic mass is 35.5. The Kier molecular flexibility index (Phi) is 11.6. The second-order valence-corrected chi connectivity index (χ2v) is 10.0. The van der Waals surface area contributed by atoms with E-state index in [-0.39, 0.29) is 35.4 Å². The van der Waals surface area contributed by atoms with Gasteiger partial charge < -0.3 is 9.64 Å². The van der Waals surface area contributed by atoms with Gasteiger partial charge in [-0.3, -0.25) is 14.9 Å². The van der Waals surface area contributed by atoms with E-state index in [2.05, 4.69) is 29.2 Å². The van der Waals surface area contributed by atoms with E-state index in [4.69, 9.17) is 4.74 Å². The minimum absolute atomic E-state index is 0. The molecule has 3 aromatic carbocycles. The highest BCUT2D eigenvalue weighted by Crippen LogP contribution is 2.28. The smallest absolute Gasteiger partial charge is 0.332 e. The SMILES string of the molecule is CC(=O)C(=CC(=O)OC(C)(C)CN(C)CCC(c1ccccc1)c1ccccc1)c1cccc([N+](=O)[O-])c1.Cl. The first-order valence-electron chi connectivity index (χ1n) is 12.5. The van der Waals surface area contributed by atoms with Gasteiger partial charge in [0.05, 0.1) is 4.92 Å². The highest BCUT2D eigenvalue weighted by molar-refractivity contribution is 6.23. The number of hydrogen-bond donors (Lipinski definition) is 0. The predicted octanol–water partition coefficient (Wildman–Crippen LogP) is 6.46. The standard InChI is InChI=1S/C31H34N2O5.ClH/c1-23(34)29(26-16-11-17-27(20-26)33(36)37)21-30(35)38-31(2,3)22-32(4)19-18-28(24-12-7-5-8-13-24)25-14-9-6-10-15-25;/h5-17,20-21,28H,18-19,22H2,1-4H3;1H. The lowest BCUT2D eigenvalue weighted by Gasteiger charge is -2.31. The van der Waals surface area contributed by atoms with Gasteiger partial charge in [-0.2, -0.15) is 0 Å². The van der Waals surface area contributed by atoms with Gasteiger partial charge in [0, 0.05) is 36.2 Å². The van der Waals surface area contributed by atoms with Crippen LogP contribution in [0.1, 0.15) is 49.8 Å². The number of allylic oxidation sites excluding steroid dienone is 1. The zero-order chi connectivity index (χ0) is 27.7. The number of ether oxygens (including phenoxy) is 1. The number of ketones is 1. The zero-order valence-corrected chi connectivity index (χ0v) is 23.5. The average molecular weight is 551 g/mol. The first kappa shape index (κ1) is 31.4. The summed E-state index contributed by atoms with van der Waals surface area (Å²) in [5.41, 5.74) is 1.88.